The molecule has 1 aromatic rings. The smallest absolute Gasteiger partial charge is 0.0295 e. The van der Waals surface area contributed by atoms with E-state index in [-0.39, 0.29) is 6.04 Å². The van der Waals surface area contributed by atoms with Crippen LogP contribution in [0.15, 0.2) is 35.3 Å². The first-order chi connectivity index (χ1) is 8.13. The maximum atomic E-state index is 6.21. The zero-order valence-corrected chi connectivity index (χ0v) is 12.2. The zero-order valence-electron chi connectivity index (χ0n) is 10.6. The van der Waals surface area contributed by atoms with Crippen molar-refractivity contribution >= 4 is 15.9 Å². The molecule has 0 aromatic heterocycles. The summed E-state index contributed by atoms with van der Waals surface area (Å²) in [6, 6.07) is 6.58. The molecule has 94 valence electrons. The highest BCUT2D eigenvalue weighted by Crippen LogP contribution is 2.23. The molecule has 0 aliphatic heterocycles. The Balaban J connectivity index is 2.40. The molecule has 1 unspecified atom stereocenters. The van der Waals surface area contributed by atoms with E-state index in [0.29, 0.717) is 0 Å². The van der Waals surface area contributed by atoms with Gasteiger partial charge in [0.1, 0.15) is 0 Å². The van der Waals surface area contributed by atoms with Crippen molar-refractivity contribution < 1.29 is 0 Å². The quantitative estimate of drug-likeness (QED) is 0.562. The zero-order chi connectivity index (χ0) is 12.7. The molecule has 1 atom stereocenters. The normalized spacial score (nSPS) is 12.4. The predicted octanol–water partition coefficient (Wildman–Crippen LogP) is 4.89. The Labute approximate surface area is 113 Å². The van der Waals surface area contributed by atoms with Crippen LogP contribution in [0.25, 0.3) is 0 Å². The van der Waals surface area contributed by atoms with Crippen LogP contribution in [-0.2, 0) is 0 Å². The van der Waals surface area contributed by atoms with Gasteiger partial charge in [-0.1, -0.05) is 40.9 Å². The lowest BCUT2D eigenvalue weighted by atomic mass is 9.99. The van der Waals surface area contributed by atoms with Crippen LogP contribution in [0.5, 0.6) is 0 Å². The molecule has 0 aliphatic rings. The Hall–Kier alpha value is -0.600. The second kappa shape index (κ2) is 7.67. The molecular weight excluding hydrogens is 274 g/mol. The second-order valence-electron chi connectivity index (χ2n) is 4.60. The van der Waals surface area contributed by atoms with Gasteiger partial charge in [0, 0.05) is 10.5 Å². The number of benzene rings is 1. The molecule has 0 heterocycles. The van der Waals surface area contributed by atoms with E-state index >= 15 is 0 Å². The minimum Gasteiger partial charge on any atom is -0.324 e. The van der Waals surface area contributed by atoms with Gasteiger partial charge in [0.25, 0.3) is 0 Å². The molecule has 2 heteroatoms. The summed E-state index contributed by atoms with van der Waals surface area (Å²) in [7, 11) is 0. The highest BCUT2D eigenvalue weighted by atomic mass is 79.9. The number of hydrogen-bond acceptors (Lipinski definition) is 1. The molecular formula is C15H22BrN. The van der Waals surface area contributed by atoms with Gasteiger partial charge in [0.05, 0.1) is 0 Å². The molecule has 0 saturated carbocycles. The van der Waals surface area contributed by atoms with Crippen molar-refractivity contribution in [2.24, 2.45) is 5.73 Å². The van der Waals surface area contributed by atoms with Crippen LogP contribution in [0.2, 0.25) is 0 Å². The Morgan fingerprint density at radius 3 is 2.71 bits per heavy atom. The molecule has 1 rings (SSSR count). The summed E-state index contributed by atoms with van der Waals surface area (Å²) in [6.07, 6.45) is 7.83. The summed E-state index contributed by atoms with van der Waals surface area (Å²) in [5, 5.41) is 0. The lowest BCUT2D eigenvalue weighted by Crippen LogP contribution is -2.10. The highest BCUT2D eigenvalue weighted by molar-refractivity contribution is 9.10. The van der Waals surface area contributed by atoms with E-state index in [0.717, 1.165) is 17.3 Å². The van der Waals surface area contributed by atoms with Gasteiger partial charge in [-0.3, -0.25) is 0 Å². The molecule has 1 aromatic carbocycles. The first kappa shape index (κ1) is 14.5. The van der Waals surface area contributed by atoms with Gasteiger partial charge in [-0.05, 0) is 49.4 Å². The lowest BCUT2D eigenvalue weighted by molar-refractivity contribution is 0.572. The Kier molecular flexibility index (Phi) is 6.53. The van der Waals surface area contributed by atoms with E-state index in [2.05, 4.69) is 47.6 Å². The maximum Gasteiger partial charge on any atom is 0.0295 e. The van der Waals surface area contributed by atoms with Crippen molar-refractivity contribution in [2.75, 3.05) is 0 Å². The van der Waals surface area contributed by atoms with Gasteiger partial charge < -0.3 is 5.73 Å². The fourth-order valence-corrected chi connectivity index (χ4v) is 2.60. The third kappa shape index (κ3) is 5.51. The lowest BCUT2D eigenvalue weighted by Gasteiger charge is -2.13. The van der Waals surface area contributed by atoms with Crippen molar-refractivity contribution in [1.82, 2.24) is 0 Å². The number of rotatable bonds is 7. The standard InChI is InChI=1S/C15H22BrN/c1-3-4-5-6-7-8-15(17)13-9-12(2)10-14(16)11-13/h3,9-11,15H,1,4-8,17H2,2H3. The minimum atomic E-state index is 0.162. The maximum absolute atomic E-state index is 6.21. The Morgan fingerprint density at radius 1 is 1.29 bits per heavy atom. The van der Waals surface area contributed by atoms with Crippen molar-refractivity contribution in [3.63, 3.8) is 0 Å². The number of allylic oxidation sites excluding steroid dienone is 1. The fraction of sp³-hybridized carbons (Fsp3) is 0.467. The average Bonchev–Trinajstić information content (AvgIpc) is 2.27. The van der Waals surface area contributed by atoms with Crippen LogP contribution < -0.4 is 5.73 Å². The fourth-order valence-electron chi connectivity index (χ4n) is 1.98. The van der Waals surface area contributed by atoms with Gasteiger partial charge in [0.15, 0.2) is 0 Å². The summed E-state index contributed by atoms with van der Waals surface area (Å²) >= 11 is 3.52. The first-order valence-electron chi connectivity index (χ1n) is 6.27. The summed E-state index contributed by atoms with van der Waals surface area (Å²) in [6.45, 7) is 5.83. The number of aryl methyl sites for hydroxylation is 1. The minimum absolute atomic E-state index is 0.162. The van der Waals surface area contributed by atoms with Gasteiger partial charge >= 0.3 is 0 Å². The number of halogens is 1. The largest absolute Gasteiger partial charge is 0.324 e. The van der Waals surface area contributed by atoms with Crippen molar-refractivity contribution in [3.8, 4) is 0 Å². The first-order valence-corrected chi connectivity index (χ1v) is 7.06. The van der Waals surface area contributed by atoms with E-state index < -0.39 is 0 Å². The third-order valence-electron chi connectivity index (χ3n) is 2.92. The SMILES string of the molecule is C=CCCCCCC(N)c1cc(C)cc(Br)c1. The molecule has 0 saturated heterocycles. The third-order valence-corrected chi connectivity index (χ3v) is 3.37. The van der Waals surface area contributed by atoms with Crippen molar-refractivity contribution in [1.29, 1.82) is 0 Å². The van der Waals surface area contributed by atoms with Gasteiger partial charge in [-0.2, -0.15) is 0 Å². The summed E-state index contributed by atoms with van der Waals surface area (Å²) < 4.78 is 1.12. The van der Waals surface area contributed by atoms with Gasteiger partial charge in [-0.15, -0.1) is 6.58 Å². The summed E-state index contributed by atoms with van der Waals surface area (Å²) in [4.78, 5) is 0. The van der Waals surface area contributed by atoms with Crippen LogP contribution >= 0.6 is 15.9 Å². The topological polar surface area (TPSA) is 26.0 Å². The molecule has 0 spiro atoms. The van der Waals surface area contributed by atoms with E-state index in [1.54, 1.807) is 0 Å². The van der Waals surface area contributed by atoms with Crippen LogP contribution in [-0.4, -0.2) is 0 Å². The van der Waals surface area contributed by atoms with E-state index in [1.807, 2.05) is 6.08 Å². The van der Waals surface area contributed by atoms with Gasteiger partial charge in [0.2, 0.25) is 0 Å². The molecule has 0 fully saturated rings. The van der Waals surface area contributed by atoms with Crippen LogP contribution in [0, 0.1) is 6.92 Å². The van der Waals surface area contributed by atoms with Crippen LogP contribution in [0.1, 0.15) is 49.3 Å². The van der Waals surface area contributed by atoms with Crippen molar-refractivity contribution in [2.45, 2.75) is 45.1 Å². The average molecular weight is 296 g/mol. The molecule has 0 aliphatic carbocycles. The second-order valence-corrected chi connectivity index (χ2v) is 5.51. The number of unbranched alkanes of at least 4 members (excludes halogenated alkanes) is 3. The summed E-state index contributed by atoms with van der Waals surface area (Å²) in [5.41, 5.74) is 8.70. The predicted molar refractivity (Wildman–Crippen MR) is 79.1 cm³/mol. The molecule has 0 bridgehead atoms. The molecule has 2 N–H and O–H groups in total. The Morgan fingerprint density at radius 2 is 2.06 bits per heavy atom. The summed E-state index contributed by atoms with van der Waals surface area (Å²) in [5.74, 6) is 0. The number of hydrogen-bond donors (Lipinski definition) is 1. The van der Waals surface area contributed by atoms with Crippen molar-refractivity contribution in [3.05, 3.63) is 46.5 Å². The molecule has 0 radical (unpaired) electrons. The van der Waals surface area contributed by atoms with E-state index in [1.165, 1.54) is 30.4 Å². The highest BCUT2D eigenvalue weighted by Gasteiger charge is 2.06. The molecule has 1 nitrogen and oxygen atoms in total. The monoisotopic (exact) mass is 295 g/mol. The van der Waals surface area contributed by atoms with E-state index in [4.69, 9.17) is 5.73 Å². The molecule has 17 heavy (non-hydrogen) atoms. The Bertz CT molecular complexity index is 340. The van der Waals surface area contributed by atoms with Gasteiger partial charge in [-0.25, -0.2) is 0 Å². The molecule has 0 amide bonds. The van der Waals surface area contributed by atoms with Crippen LogP contribution in [0.3, 0.4) is 0 Å². The number of nitrogens with two attached hydrogens (primary N) is 1. The van der Waals surface area contributed by atoms with Crippen LogP contribution in [0.4, 0.5) is 0 Å². The van der Waals surface area contributed by atoms with E-state index in [9.17, 15) is 0 Å².